The third-order valence-electron chi connectivity index (χ3n) is 2.75. The van der Waals surface area contributed by atoms with Crippen molar-refractivity contribution in [3.8, 4) is 11.8 Å². The van der Waals surface area contributed by atoms with Gasteiger partial charge in [-0.1, -0.05) is 23.4 Å². The zero-order valence-electron chi connectivity index (χ0n) is 10.0. The predicted molar refractivity (Wildman–Crippen MR) is 73.4 cm³/mol. The maximum Gasteiger partial charge on any atom is 0.224 e. The lowest BCUT2D eigenvalue weighted by Crippen LogP contribution is -2.13. The SMILES string of the molecule is NCC#Cc1ccc(Cl)cc1NC(=O)CC1CC1. The molecule has 0 heterocycles. The standard InChI is InChI=1S/C14H15ClN2O/c15-12-6-5-11(2-1-7-16)13(9-12)17-14(18)8-10-3-4-10/h5-6,9-10H,3-4,7-8,16H2,(H,17,18). The van der Waals surface area contributed by atoms with Crippen molar-refractivity contribution in [2.45, 2.75) is 19.3 Å². The summed E-state index contributed by atoms with van der Waals surface area (Å²) in [4.78, 5) is 11.8. The molecular weight excluding hydrogens is 248 g/mol. The molecule has 4 heteroatoms. The number of nitrogens with two attached hydrogens (primary N) is 1. The number of anilines is 1. The van der Waals surface area contributed by atoms with E-state index in [1.54, 1.807) is 18.2 Å². The largest absolute Gasteiger partial charge is 0.325 e. The first kappa shape index (κ1) is 12.9. The molecule has 3 N–H and O–H groups in total. The summed E-state index contributed by atoms with van der Waals surface area (Å²) >= 11 is 5.93. The first-order valence-corrected chi connectivity index (χ1v) is 6.35. The number of benzene rings is 1. The fourth-order valence-corrected chi connectivity index (χ4v) is 1.83. The van der Waals surface area contributed by atoms with Crippen LogP contribution in [0.2, 0.25) is 5.02 Å². The molecule has 0 radical (unpaired) electrons. The van der Waals surface area contributed by atoms with E-state index < -0.39 is 0 Å². The summed E-state index contributed by atoms with van der Waals surface area (Å²) in [6.07, 6.45) is 2.89. The van der Waals surface area contributed by atoms with E-state index in [1.807, 2.05) is 0 Å². The smallest absolute Gasteiger partial charge is 0.224 e. The van der Waals surface area contributed by atoms with E-state index in [1.165, 1.54) is 0 Å². The molecule has 0 aromatic heterocycles. The Labute approximate surface area is 112 Å². The highest BCUT2D eigenvalue weighted by Gasteiger charge is 2.24. The zero-order chi connectivity index (χ0) is 13.0. The van der Waals surface area contributed by atoms with Crippen LogP contribution in [-0.2, 0) is 4.79 Å². The third kappa shape index (κ3) is 3.76. The Kier molecular flexibility index (Phi) is 4.24. The highest BCUT2D eigenvalue weighted by atomic mass is 35.5. The molecule has 0 bridgehead atoms. The first-order chi connectivity index (χ1) is 8.69. The minimum Gasteiger partial charge on any atom is -0.325 e. The molecule has 1 aromatic rings. The minimum absolute atomic E-state index is 0.0237. The van der Waals surface area contributed by atoms with Crippen molar-refractivity contribution >= 4 is 23.2 Å². The van der Waals surface area contributed by atoms with Crippen molar-refractivity contribution in [1.29, 1.82) is 0 Å². The van der Waals surface area contributed by atoms with Gasteiger partial charge in [0.2, 0.25) is 5.91 Å². The summed E-state index contributed by atoms with van der Waals surface area (Å²) < 4.78 is 0. The Hall–Kier alpha value is -1.50. The van der Waals surface area contributed by atoms with E-state index in [4.69, 9.17) is 17.3 Å². The molecule has 94 valence electrons. The number of hydrogen-bond acceptors (Lipinski definition) is 2. The fourth-order valence-electron chi connectivity index (χ4n) is 1.66. The second kappa shape index (κ2) is 5.90. The second-order valence-corrected chi connectivity index (χ2v) is 4.83. The summed E-state index contributed by atoms with van der Waals surface area (Å²) in [5.74, 6) is 6.28. The number of hydrogen-bond donors (Lipinski definition) is 2. The van der Waals surface area contributed by atoms with Crippen molar-refractivity contribution in [2.24, 2.45) is 11.7 Å². The predicted octanol–water partition coefficient (Wildman–Crippen LogP) is 2.39. The van der Waals surface area contributed by atoms with E-state index in [9.17, 15) is 4.79 Å². The Balaban J connectivity index is 2.12. The summed E-state index contributed by atoms with van der Waals surface area (Å²) in [6.45, 7) is 0.290. The van der Waals surface area contributed by atoms with Gasteiger partial charge in [0.25, 0.3) is 0 Å². The van der Waals surface area contributed by atoms with Crippen LogP contribution >= 0.6 is 11.6 Å². The maximum atomic E-state index is 11.8. The molecule has 0 unspecified atom stereocenters. The lowest BCUT2D eigenvalue weighted by atomic mass is 10.1. The molecule has 1 amide bonds. The molecular formula is C14H15ClN2O. The van der Waals surface area contributed by atoms with Crippen molar-refractivity contribution < 1.29 is 4.79 Å². The second-order valence-electron chi connectivity index (χ2n) is 4.39. The van der Waals surface area contributed by atoms with E-state index >= 15 is 0 Å². The van der Waals surface area contributed by atoms with Crippen molar-refractivity contribution in [1.82, 2.24) is 0 Å². The highest BCUT2D eigenvalue weighted by Crippen LogP contribution is 2.32. The van der Waals surface area contributed by atoms with Crippen molar-refractivity contribution in [3.63, 3.8) is 0 Å². The fraction of sp³-hybridized carbons (Fsp3) is 0.357. The molecule has 0 aliphatic heterocycles. The zero-order valence-corrected chi connectivity index (χ0v) is 10.8. The van der Waals surface area contributed by atoms with E-state index in [0.717, 1.165) is 18.4 Å². The van der Waals surface area contributed by atoms with Gasteiger partial charge in [0.05, 0.1) is 12.2 Å². The molecule has 1 aliphatic rings. The van der Waals surface area contributed by atoms with Gasteiger partial charge in [0.15, 0.2) is 0 Å². The lowest BCUT2D eigenvalue weighted by Gasteiger charge is -2.07. The number of carbonyl (C=O) groups excluding carboxylic acids is 1. The number of nitrogens with one attached hydrogen (secondary N) is 1. The van der Waals surface area contributed by atoms with E-state index in [2.05, 4.69) is 17.2 Å². The average Bonchev–Trinajstić information content (AvgIpc) is 3.12. The Bertz CT molecular complexity index is 512. The third-order valence-corrected chi connectivity index (χ3v) is 2.99. The highest BCUT2D eigenvalue weighted by molar-refractivity contribution is 6.31. The van der Waals surface area contributed by atoms with Crippen LogP contribution in [0.15, 0.2) is 18.2 Å². The Morgan fingerprint density at radius 3 is 2.94 bits per heavy atom. The Morgan fingerprint density at radius 2 is 2.28 bits per heavy atom. The normalized spacial score (nSPS) is 13.7. The number of amides is 1. The summed E-state index contributed by atoms with van der Waals surface area (Å²) in [5.41, 5.74) is 6.75. The van der Waals surface area contributed by atoms with Crippen LogP contribution < -0.4 is 11.1 Å². The first-order valence-electron chi connectivity index (χ1n) is 5.97. The molecule has 1 aromatic carbocycles. The van der Waals surface area contributed by atoms with Gasteiger partial charge in [-0.2, -0.15) is 0 Å². The number of halogens is 1. The summed E-state index contributed by atoms with van der Waals surface area (Å²) in [6, 6.07) is 5.25. The van der Waals surface area contributed by atoms with Crippen LogP contribution in [0.1, 0.15) is 24.8 Å². The van der Waals surface area contributed by atoms with Gasteiger partial charge < -0.3 is 11.1 Å². The molecule has 0 spiro atoms. The maximum absolute atomic E-state index is 11.8. The molecule has 3 nitrogen and oxygen atoms in total. The quantitative estimate of drug-likeness (QED) is 0.822. The lowest BCUT2D eigenvalue weighted by molar-refractivity contribution is -0.116. The molecule has 0 atom stereocenters. The molecule has 18 heavy (non-hydrogen) atoms. The van der Waals surface area contributed by atoms with Gasteiger partial charge in [-0.05, 0) is 37.0 Å². The van der Waals surface area contributed by atoms with Gasteiger partial charge in [0, 0.05) is 17.0 Å². The van der Waals surface area contributed by atoms with Gasteiger partial charge >= 0.3 is 0 Å². The van der Waals surface area contributed by atoms with Crippen LogP contribution in [-0.4, -0.2) is 12.5 Å². The summed E-state index contributed by atoms with van der Waals surface area (Å²) in [5, 5.41) is 3.44. The van der Waals surface area contributed by atoms with Crippen LogP contribution in [0.3, 0.4) is 0 Å². The molecule has 1 saturated carbocycles. The molecule has 1 aliphatic carbocycles. The summed E-state index contributed by atoms with van der Waals surface area (Å²) in [7, 11) is 0. The van der Waals surface area contributed by atoms with Gasteiger partial charge in [0.1, 0.15) is 0 Å². The van der Waals surface area contributed by atoms with Crippen molar-refractivity contribution in [2.75, 3.05) is 11.9 Å². The van der Waals surface area contributed by atoms with Gasteiger partial charge in [-0.15, -0.1) is 0 Å². The van der Waals surface area contributed by atoms with Crippen LogP contribution in [0.4, 0.5) is 5.69 Å². The van der Waals surface area contributed by atoms with Crippen LogP contribution in [0, 0.1) is 17.8 Å². The minimum atomic E-state index is 0.0237. The average molecular weight is 263 g/mol. The molecule has 0 saturated heterocycles. The molecule has 2 rings (SSSR count). The van der Waals surface area contributed by atoms with Crippen LogP contribution in [0.25, 0.3) is 0 Å². The van der Waals surface area contributed by atoms with Crippen molar-refractivity contribution in [3.05, 3.63) is 28.8 Å². The Morgan fingerprint density at radius 1 is 1.50 bits per heavy atom. The van der Waals surface area contributed by atoms with Crippen LogP contribution in [0.5, 0.6) is 0 Å². The number of carbonyl (C=O) groups is 1. The van der Waals surface area contributed by atoms with E-state index in [-0.39, 0.29) is 12.5 Å². The van der Waals surface area contributed by atoms with Gasteiger partial charge in [-0.3, -0.25) is 4.79 Å². The number of rotatable bonds is 3. The monoisotopic (exact) mass is 262 g/mol. The van der Waals surface area contributed by atoms with Gasteiger partial charge in [-0.25, -0.2) is 0 Å². The van der Waals surface area contributed by atoms with E-state index in [0.29, 0.717) is 23.0 Å². The molecule has 1 fully saturated rings. The topological polar surface area (TPSA) is 55.1 Å².